The van der Waals surface area contributed by atoms with Crippen molar-refractivity contribution in [2.24, 2.45) is 0 Å². The lowest BCUT2D eigenvalue weighted by Gasteiger charge is -2.10. The minimum absolute atomic E-state index is 0.176. The van der Waals surface area contributed by atoms with Crippen LogP contribution in [0.2, 0.25) is 0 Å². The number of benzene rings is 2. The standard InChI is InChI=1S/C21H20F3N3O2S/c1-29-17-9-5-15(6-10-17)18-12-30-20(26-18)27-19(28)11-4-14-2-7-16(8-3-14)25-13-21(22,23)24/h2-3,5-10,12,25H,4,11,13H2,1H3,(H,26,27,28). The fourth-order valence-corrected chi connectivity index (χ4v) is 3.39. The van der Waals surface area contributed by atoms with Gasteiger partial charge in [-0.05, 0) is 48.4 Å². The molecule has 0 saturated carbocycles. The van der Waals surface area contributed by atoms with Crippen LogP contribution in [0, 0.1) is 0 Å². The van der Waals surface area contributed by atoms with Gasteiger partial charge in [0.1, 0.15) is 12.3 Å². The highest BCUT2D eigenvalue weighted by molar-refractivity contribution is 7.14. The number of carbonyl (C=O) groups excluding carboxylic acids is 1. The van der Waals surface area contributed by atoms with Crippen LogP contribution in [-0.2, 0) is 11.2 Å². The lowest BCUT2D eigenvalue weighted by Crippen LogP contribution is -2.21. The monoisotopic (exact) mass is 435 g/mol. The van der Waals surface area contributed by atoms with Crippen LogP contribution < -0.4 is 15.4 Å². The number of anilines is 2. The largest absolute Gasteiger partial charge is 0.497 e. The molecule has 0 bridgehead atoms. The summed E-state index contributed by atoms with van der Waals surface area (Å²) in [6.45, 7) is -1.08. The van der Waals surface area contributed by atoms with E-state index in [9.17, 15) is 18.0 Å². The zero-order chi connectivity index (χ0) is 21.6. The molecule has 0 aliphatic rings. The Morgan fingerprint density at radius 3 is 2.43 bits per heavy atom. The quantitative estimate of drug-likeness (QED) is 0.500. The number of aromatic nitrogens is 1. The van der Waals surface area contributed by atoms with E-state index in [4.69, 9.17) is 4.74 Å². The van der Waals surface area contributed by atoms with Crippen LogP contribution in [0.15, 0.2) is 53.9 Å². The van der Waals surface area contributed by atoms with Gasteiger partial charge in [0.2, 0.25) is 5.91 Å². The molecule has 0 fully saturated rings. The SMILES string of the molecule is COc1ccc(-c2csc(NC(=O)CCc3ccc(NCC(F)(F)F)cc3)n2)cc1. The van der Waals surface area contributed by atoms with E-state index < -0.39 is 12.7 Å². The number of nitrogens with one attached hydrogen (secondary N) is 2. The summed E-state index contributed by atoms with van der Waals surface area (Å²) in [5.41, 5.74) is 2.93. The number of amides is 1. The van der Waals surface area contributed by atoms with Crippen LogP contribution in [0.25, 0.3) is 11.3 Å². The van der Waals surface area contributed by atoms with Crippen LogP contribution in [0.4, 0.5) is 24.0 Å². The maximum absolute atomic E-state index is 12.2. The van der Waals surface area contributed by atoms with Gasteiger partial charge >= 0.3 is 6.18 Å². The van der Waals surface area contributed by atoms with Crippen LogP contribution in [0.1, 0.15) is 12.0 Å². The Kier molecular flexibility index (Phi) is 6.94. The van der Waals surface area contributed by atoms with Crippen LogP contribution in [0.5, 0.6) is 5.75 Å². The minimum atomic E-state index is -4.26. The Balaban J connectivity index is 1.48. The molecular formula is C21H20F3N3O2S. The van der Waals surface area contributed by atoms with Crippen molar-refractivity contribution in [1.29, 1.82) is 0 Å². The third-order valence-corrected chi connectivity index (χ3v) is 4.98. The second kappa shape index (κ2) is 9.62. The van der Waals surface area contributed by atoms with Gasteiger partial charge in [0.25, 0.3) is 0 Å². The molecule has 1 heterocycles. The smallest absolute Gasteiger partial charge is 0.405 e. The van der Waals surface area contributed by atoms with Gasteiger partial charge in [-0.1, -0.05) is 12.1 Å². The van der Waals surface area contributed by atoms with Crippen molar-refractivity contribution in [2.75, 3.05) is 24.3 Å². The molecule has 0 aliphatic carbocycles. The number of aryl methyl sites for hydroxylation is 1. The van der Waals surface area contributed by atoms with Crippen molar-refractivity contribution in [3.05, 3.63) is 59.5 Å². The molecule has 1 amide bonds. The summed E-state index contributed by atoms with van der Waals surface area (Å²) in [5.74, 6) is 0.580. The molecule has 0 saturated heterocycles. The maximum atomic E-state index is 12.2. The number of alkyl halides is 3. The van der Waals surface area contributed by atoms with Crippen LogP contribution in [0.3, 0.4) is 0 Å². The first kappa shape index (κ1) is 21.6. The number of nitrogens with zero attached hydrogens (tertiary/aromatic N) is 1. The number of hydrogen-bond donors (Lipinski definition) is 2. The lowest BCUT2D eigenvalue weighted by molar-refractivity contribution is -0.116. The van der Waals surface area contributed by atoms with Gasteiger partial charge in [0.15, 0.2) is 5.13 Å². The number of halogens is 3. The van der Waals surface area contributed by atoms with E-state index in [0.717, 1.165) is 22.6 Å². The normalized spacial score (nSPS) is 11.2. The molecular weight excluding hydrogens is 415 g/mol. The van der Waals surface area contributed by atoms with Crippen molar-refractivity contribution in [1.82, 2.24) is 4.98 Å². The van der Waals surface area contributed by atoms with Gasteiger partial charge in [0.05, 0.1) is 12.8 Å². The van der Waals surface area contributed by atoms with Gasteiger partial charge in [-0.15, -0.1) is 11.3 Å². The first-order valence-electron chi connectivity index (χ1n) is 9.12. The van der Waals surface area contributed by atoms with Crippen molar-refractivity contribution < 1.29 is 22.7 Å². The van der Waals surface area contributed by atoms with Crippen LogP contribution >= 0.6 is 11.3 Å². The highest BCUT2D eigenvalue weighted by Crippen LogP contribution is 2.26. The first-order valence-corrected chi connectivity index (χ1v) is 10.00. The molecule has 3 rings (SSSR count). The second-order valence-electron chi connectivity index (χ2n) is 6.48. The average Bonchev–Trinajstić information content (AvgIpc) is 3.19. The fourth-order valence-electron chi connectivity index (χ4n) is 2.66. The molecule has 0 unspecified atom stereocenters. The van der Waals surface area contributed by atoms with E-state index >= 15 is 0 Å². The zero-order valence-corrected chi connectivity index (χ0v) is 16.9. The number of methoxy groups -OCH3 is 1. The zero-order valence-electron chi connectivity index (χ0n) is 16.1. The first-order chi connectivity index (χ1) is 14.3. The van der Waals surface area contributed by atoms with E-state index in [0.29, 0.717) is 17.2 Å². The van der Waals surface area contributed by atoms with E-state index in [-0.39, 0.29) is 12.3 Å². The Hall–Kier alpha value is -3.07. The number of ether oxygens (including phenoxy) is 1. The average molecular weight is 435 g/mol. The Labute approximate surface area is 175 Å². The van der Waals surface area contributed by atoms with E-state index in [1.807, 2.05) is 29.6 Å². The van der Waals surface area contributed by atoms with Crippen molar-refractivity contribution >= 4 is 28.1 Å². The molecule has 0 aliphatic heterocycles. The molecule has 158 valence electrons. The number of thiazole rings is 1. The van der Waals surface area contributed by atoms with E-state index in [1.54, 1.807) is 31.4 Å². The van der Waals surface area contributed by atoms with Crippen molar-refractivity contribution in [3.8, 4) is 17.0 Å². The highest BCUT2D eigenvalue weighted by atomic mass is 32.1. The molecule has 2 N–H and O–H groups in total. The predicted octanol–water partition coefficient (Wildman–Crippen LogP) is 5.36. The third kappa shape index (κ3) is 6.48. The number of carbonyl (C=O) groups is 1. The van der Waals surface area contributed by atoms with Crippen molar-refractivity contribution in [3.63, 3.8) is 0 Å². The summed E-state index contributed by atoms with van der Waals surface area (Å²) in [6.07, 6.45) is -3.55. The molecule has 30 heavy (non-hydrogen) atoms. The Morgan fingerprint density at radius 2 is 1.80 bits per heavy atom. The molecule has 9 heteroatoms. The molecule has 5 nitrogen and oxygen atoms in total. The second-order valence-corrected chi connectivity index (χ2v) is 7.34. The van der Waals surface area contributed by atoms with E-state index in [2.05, 4.69) is 15.6 Å². The summed E-state index contributed by atoms with van der Waals surface area (Å²) >= 11 is 1.34. The summed E-state index contributed by atoms with van der Waals surface area (Å²) in [4.78, 5) is 16.6. The van der Waals surface area contributed by atoms with Gasteiger partial charge in [-0.25, -0.2) is 4.98 Å². The molecule has 0 atom stereocenters. The summed E-state index contributed by atoms with van der Waals surface area (Å²) in [7, 11) is 1.60. The highest BCUT2D eigenvalue weighted by Gasteiger charge is 2.26. The molecule has 2 aromatic carbocycles. The Bertz CT molecular complexity index is 970. The summed E-state index contributed by atoms with van der Waals surface area (Å²) in [5, 5.41) is 7.47. The summed E-state index contributed by atoms with van der Waals surface area (Å²) < 4.78 is 41.8. The third-order valence-electron chi connectivity index (χ3n) is 4.22. The fraction of sp³-hybridized carbons (Fsp3) is 0.238. The number of hydrogen-bond acceptors (Lipinski definition) is 5. The van der Waals surface area contributed by atoms with Crippen LogP contribution in [-0.4, -0.2) is 30.7 Å². The topological polar surface area (TPSA) is 63.2 Å². The van der Waals surface area contributed by atoms with Gasteiger partial charge in [-0.2, -0.15) is 13.2 Å². The van der Waals surface area contributed by atoms with E-state index in [1.165, 1.54) is 11.3 Å². The maximum Gasteiger partial charge on any atom is 0.405 e. The lowest BCUT2D eigenvalue weighted by atomic mass is 10.1. The van der Waals surface area contributed by atoms with Gasteiger partial charge in [0, 0.05) is 23.1 Å². The van der Waals surface area contributed by atoms with Crippen molar-refractivity contribution in [2.45, 2.75) is 19.0 Å². The summed E-state index contributed by atoms with van der Waals surface area (Å²) in [6, 6.07) is 14.0. The Morgan fingerprint density at radius 1 is 1.10 bits per heavy atom. The molecule has 3 aromatic rings. The minimum Gasteiger partial charge on any atom is -0.497 e. The predicted molar refractivity (Wildman–Crippen MR) is 112 cm³/mol. The number of rotatable bonds is 8. The molecule has 0 spiro atoms. The molecule has 0 radical (unpaired) electrons. The van der Waals surface area contributed by atoms with Gasteiger partial charge < -0.3 is 15.4 Å². The van der Waals surface area contributed by atoms with Gasteiger partial charge in [-0.3, -0.25) is 4.79 Å². The molecule has 1 aromatic heterocycles.